The number of aryl methyl sites for hydroxylation is 2. The molecule has 0 aliphatic rings. The number of hydrogen-bond donors (Lipinski definition) is 3. The molecule has 4 N–H and O–H groups in total. The van der Waals surface area contributed by atoms with Gasteiger partial charge in [-0.15, -0.1) is 0 Å². The quantitative estimate of drug-likeness (QED) is 0.511. The molecule has 0 saturated heterocycles. The number of nitrogens with two attached hydrogens (primary N) is 1. The Balaban J connectivity index is 1.60. The Labute approximate surface area is 155 Å². The van der Waals surface area contributed by atoms with Gasteiger partial charge in [-0.05, 0) is 53.3 Å². The summed E-state index contributed by atoms with van der Waals surface area (Å²) < 4.78 is 0. The van der Waals surface area contributed by atoms with Crippen molar-refractivity contribution in [2.24, 2.45) is 5.73 Å². The van der Waals surface area contributed by atoms with Crippen LogP contribution in [-0.2, 0) is 12.8 Å². The Morgan fingerprint density at radius 3 is 2.52 bits per heavy atom. The molecule has 4 aromatic rings. The molecule has 3 aromatic carbocycles. The number of H-pyrrole nitrogens is 2. The highest BCUT2D eigenvalue weighted by Crippen LogP contribution is 2.24. The Morgan fingerprint density at radius 1 is 0.852 bits per heavy atom. The molecule has 134 valence electrons. The van der Waals surface area contributed by atoms with Gasteiger partial charge in [0.15, 0.2) is 0 Å². The van der Waals surface area contributed by atoms with Gasteiger partial charge in [0.25, 0.3) is 5.56 Å². The number of rotatable bonds is 5. The van der Waals surface area contributed by atoms with Crippen LogP contribution in [0, 0.1) is 0 Å². The van der Waals surface area contributed by atoms with Crippen LogP contribution in [0.5, 0.6) is 0 Å². The molecule has 0 unspecified atom stereocenters. The van der Waals surface area contributed by atoms with E-state index in [1.54, 1.807) is 6.07 Å². The van der Waals surface area contributed by atoms with Crippen LogP contribution in [0.3, 0.4) is 0 Å². The molecule has 0 aliphatic heterocycles. The van der Waals surface area contributed by atoms with Gasteiger partial charge in [0.2, 0.25) is 5.91 Å². The largest absolute Gasteiger partial charge is 0.366 e. The van der Waals surface area contributed by atoms with Crippen molar-refractivity contribution >= 4 is 16.8 Å². The number of nitrogens with one attached hydrogen (secondary N) is 2. The number of amides is 1. The second-order valence-corrected chi connectivity index (χ2v) is 6.56. The topological polar surface area (TPSA) is 91.7 Å². The second-order valence-electron chi connectivity index (χ2n) is 6.56. The predicted octanol–water partition coefficient (Wildman–Crippen LogP) is 3.41. The van der Waals surface area contributed by atoms with Gasteiger partial charge in [-0.2, -0.15) is 0 Å². The van der Waals surface area contributed by atoms with Crippen molar-refractivity contribution in [3.8, 4) is 11.1 Å². The van der Waals surface area contributed by atoms with Gasteiger partial charge in [-0.1, -0.05) is 48.5 Å². The molecule has 27 heavy (non-hydrogen) atoms. The fraction of sp³-hybridized carbons (Fsp3) is 0.0909. The van der Waals surface area contributed by atoms with Crippen LogP contribution in [-0.4, -0.2) is 16.1 Å². The van der Waals surface area contributed by atoms with Gasteiger partial charge in [0.1, 0.15) is 0 Å². The highest BCUT2D eigenvalue weighted by Gasteiger charge is 2.08. The molecule has 5 heteroatoms. The number of carbonyl (C=O) groups excluding carboxylic acids is 1. The van der Waals surface area contributed by atoms with E-state index in [0.717, 1.165) is 40.6 Å². The summed E-state index contributed by atoms with van der Waals surface area (Å²) in [5.74, 6) is -0.399. The lowest BCUT2D eigenvalue weighted by molar-refractivity contribution is 0.0999. The maximum absolute atomic E-state index is 11.9. The number of benzene rings is 3. The summed E-state index contributed by atoms with van der Waals surface area (Å²) in [6, 6.07) is 21.5. The molecule has 0 spiro atoms. The second kappa shape index (κ2) is 6.96. The number of primary amides is 1. The van der Waals surface area contributed by atoms with E-state index in [1.807, 2.05) is 48.5 Å². The maximum Gasteiger partial charge on any atom is 0.271 e. The Hall–Kier alpha value is -3.60. The minimum absolute atomic E-state index is 0.119. The van der Waals surface area contributed by atoms with Crippen molar-refractivity contribution in [2.75, 3.05) is 0 Å². The zero-order chi connectivity index (χ0) is 18.8. The first-order valence-corrected chi connectivity index (χ1v) is 8.79. The average molecular weight is 357 g/mol. The third-order valence-corrected chi connectivity index (χ3v) is 4.80. The molecule has 4 rings (SSSR count). The zero-order valence-electron chi connectivity index (χ0n) is 14.7. The normalized spacial score (nSPS) is 11.0. The molecule has 0 atom stereocenters. The predicted molar refractivity (Wildman–Crippen MR) is 107 cm³/mol. The average Bonchev–Trinajstić information content (AvgIpc) is 3.07. The SMILES string of the molecule is NC(=O)c1ccccc1CCc1cccc(-c2ccc3[nH][nH]c(=O)c3c2)c1. The van der Waals surface area contributed by atoms with Crippen LogP contribution >= 0.6 is 0 Å². The number of hydrogen-bond acceptors (Lipinski definition) is 2. The molecule has 0 bridgehead atoms. The number of fused-ring (bicyclic) bond motifs is 1. The van der Waals surface area contributed by atoms with Crippen molar-refractivity contribution in [1.29, 1.82) is 0 Å². The summed E-state index contributed by atoms with van der Waals surface area (Å²) in [7, 11) is 0. The van der Waals surface area contributed by atoms with E-state index in [4.69, 9.17) is 5.73 Å². The van der Waals surface area contributed by atoms with Crippen molar-refractivity contribution in [1.82, 2.24) is 10.2 Å². The van der Waals surface area contributed by atoms with Crippen molar-refractivity contribution in [3.63, 3.8) is 0 Å². The van der Waals surface area contributed by atoms with E-state index in [-0.39, 0.29) is 5.56 Å². The monoisotopic (exact) mass is 357 g/mol. The van der Waals surface area contributed by atoms with Gasteiger partial charge >= 0.3 is 0 Å². The van der Waals surface area contributed by atoms with E-state index < -0.39 is 5.91 Å². The lowest BCUT2D eigenvalue weighted by atomic mass is 9.96. The molecule has 0 radical (unpaired) electrons. The summed E-state index contributed by atoms with van der Waals surface area (Å²) in [6.07, 6.45) is 1.53. The van der Waals surface area contributed by atoms with Gasteiger partial charge in [0.05, 0.1) is 10.9 Å². The van der Waals surface area contributed by atoms with E-state index in [9.17, 15) is 9.59 Å². The highest BCUT2D eigenvalue weighted by molar-refractivity contribution is 5.94. The Kier molecular flexibility index (Phi) is 4.34. The Bertz CT molecular complexity index is 1190. The lowest BCUT2D eigenvalue weighted by Gasteiger charge is -2.08. The zero-order valence-corrected chi connectivity index (χ0v) is 14.7. The molecule has 1 heterocycles. The summed E-state index contributed by atoms with van der Waals surface area (Å²) in [5, 5.41) is 6.10. The summed E-state index contributed by atoms with van der Waals surface area (Å²) in [4.78, 5) is 23.4. The number of carbonyl (C=O) groups is 1. The molecular formula is C22H19N3O2. The smallest absolute Gasteiger partial charge is 0.271 e. The van der Waals surface area contributed by atoms with E-state index >= 15 is 0 Å². The van der Waals surface area contributed by atoms with Crippen LogP contribution in [0.15, 0.2) is 71.5 Å². The summed E-state index contributed by atoms with van der Waals surface area (Å²) in [6.45, 7) is 0. The number of aromatic amines is 2. The summed E-state index contributed by atoms with van der Waals surface area (Å²) >= 11 is 0. The minimum Gasteiger partial charge on any atom is -0.366 e. The van der Waals surface area contributed by atoms with E-state index in [0.29, 0.717) is 10.9 Å². The van der Waals surface area contributed by atoms with Crippen LogP contribution in [0.1, 0.15) is 21.5 Å². The van der Waals surface area contributed by atoms with Crippen molar-refractivity contribution < 1.29 is 4.79 Å². The van der Waals surface area contributed by atoms with Crippen LogP contribution < -0.4 is 11.3 Å². The molecule has 0 saturated carbocycles. The minimum atomic E-state index is -0.399. The first-order valence-electron chi connectivity index (χ1n) is 8.79. The van der Waals surface area contributed by atoms with Gasteiger partial charge in [-0.25, -0.2) is 0 Å². The fourth-order valence-corrected chi connectivity index (χ4v) is 3.38. The van der Waals surface area contributed by atoms with Crippen molar-refractivity contribution in [3.05, 3.63) is 93.8 Å². The Morgan fingerprint density at radius 2 is 1.67 bits per heavy atom. The molecule has 0 fully saturated rings. The van der Waals surface area contributed by atoms with Gasteiger partial charge in [0, 0.05) is 5.56 Å². The molecular weight excluding hydrogens is 338 g/mol. The van der Waals surface area contributed by atoms with Crippen LogP contribution in [0.2, 0.25) is 0 Å². The molecule has 0 aliphatic carbocycles. The lowest BCUT2D eigenvalue weighted by Crippen LogP contribution is -2.13. The van der Waals surface area contributed by atoms with Crippen LogP contribution in [0.4, 0.5) is 0 Å². The van der Waals surface area contributed by atoms with E-state index in [2.05, 4.69) is 22.3 Å². The number of aromatic nitrogens is 2. The highest BCUT2D eigenvalue weighted by atomic mass is 16.1. The third-order valence-electron chi connectivity index (χ3n) is 4.80. The van der Waals surface area contributed by atoms with Gasteiger partial charge < -0.3 is 5.73 Å². The maximum atomic E-state index is 11.9. The standard InChI is InChI=1S/C22H19N3O2/c23-21(26)18-7-2-1-5-15(18)9-8-14-4-3-6-16(12-14)17-10-11-20-19(13-17)22(27)25-24-20/h1-7,10-13H,8-9H2,(H2,23,26)(H2,24,25,27). The van der Waals surface area contributed by atoms with Crippen LogP contribution in [0.25, 0.3) is 22.0 Å². The summed E-state index contributed by atoms with van der Waals surface area (Å²) in [5.41, 5.74) is 10.9. The fourth-order valence-electron chi connectivity index (χ4n) is 3.38. The van der Waals surface area contributed by atoms with Gasteiger partial charge in [-0.3, -0.25) is 19.8 Å². The molecule has 1 aromatic heterocycles. The first-order chi connectivity index (χ1) is 13.1. The third kappa shape index (κ3) is 3.40. The molecule has 5 nitrogen and oxygen atoms in total. The van der Waals surface area contributed by atoms with E-state index in [1.165, 1.54) is 0 Å². The first kappa shape index (κ1) is 16.8. The van der Waals surface area contributed by atoms with Crippen molar-refractivity contribution in [2.45, 2.75) is 12.8 Å². The molecule has 1 amide bonds.